The van der Waals surface area contributed by atoms with E-state index in [2.05, 4.69) is 4.98 Å². The van der Waals surface area contributed by atoms with Crippen LogP contribution in [0, 0.1) is 0 Å². The van der Waals surface area contributed by atoms with Crippen molar-refractivity contribution >= 4 is 28.7 Å². The molecule has 0 saturated carbocycles. The molecule has 0 aliphatic rings. The van der Waals surface area contributed by atoms with E-state index in [1.807, 2.05) is 30.3 Å². The molecule has 5 nitrogen and oxygen atoms in total. The van der Waals surface area contributed by atoms with E-state index in [-0.39, 0.29) is 5.56 Å². The van der Waals surface area contributed by atoms with Gasteiger partial charge in [0.2, 0.25) is 5.89 Å². The second kappa shape index (κ2) is 7.13. The first-order valence-corrected chi connectivity index (χ1v) is 8.58. The maximum Gasteiger partial charge on any atom is 0.335 e. The van der Waals surface area contributed by atoms with Crippen molar-refractivity contribution in [2.24, 2.45) is 0 Å². The number of rotatable bonds is 5. The maximum atomic E-state index is 11.1. The molecule has 0 fully saturated rings. The number of benzene rings is 3. The van der Waals surface area contributed by atoms with E-state index in [1.54, 1.807) is 24.3 Å². The van der Waals surface area contributed by atoms with Crippen molar-refractivity contribution in [3.05, 3.63) is 82.9 Å². The number of carboxylic acids is 1. The SMILES string of the molecule is O=C(O)c1ccc2nc(-c3ccc(OCc4ccccc4)cc3Cl)oc2c1. The first-order valence-electron chi connectivity index (χ1n) is 8.21. The van der Waals surface area contributed by atoms with E-state index in [1.165, 1.54) is 12.1 Å². The summed E-state index contributed by atoms with van der Waals surface area (Å²) in [6.07, 6.45) is 0. The van der Waals surface area contributed by atoms with Crippen LogP contribution in [0.4, 0.5) is 0 Å². The topological polar surface area (TPSA) is 72.6 Å². The molecule has 0 unspecified atom stereocenters. The van der Waals surface area contributed by atoms with E-state index in [4.69, 9.17) is 25.9 Å². The van der Waals surface area contributed by atoms with Gasteiger partial charge in [-0.1, -0.05) is 41.9 Å². The lowest BCUT2D eigenvalue weighted by Gasteiger charge is -2.08. The van der Waals surface area contributed by atoms with Crippen LogP contribution < -0.4 is 4.74 Å². The van der Waals surface area contributed by atoms with Crippen LogP contribution in [0.2, 0.25) is 5.02 Å². The Bertz CT molecular complexity index is 1120. The molecule has 0 aliphatic heterocycles. The Morgan fingerprint density at radius 2 is 1.89 bits per heavy atom. The van der Waals surface area contributed by atoms with Gasteiger partial charge in [0.05, 0.1) is 16.1 Å². The molecule has 27 heavy (non-hydrogen) atoms. The highest BCUT2D eigenvalue weighted by atomic mass is 35.5. The van der Waals surface area contributed by atoms with E-state index in [0.717, 1.165) is 5.56 Å². The largest absolute Gasteiger partial charge is 0.489 e. The lowest BCUT2D eigenvalue weighted by Crippen LogP contribution is -1.95. The first kappa shape index (κ1) is 17.1. The van der Waals surface area contributed by atoms with Gasteiger partial charge in [0.1, 0.15) is 17.9 Å². The molecular formula is C21H14ClNO4. The summed E-state index contributed by atoms with van der Waals surface area (Å²) in [6, 6.07) is 19.6. The van der Waals surface area contributed by atoms with Gasteiger partial charge in [-0.25, -0.2) is 9.78 Å². The molecule has 4 aromatic rings. The van der Waals surface area contributed by atoms with Crippen molar-refractivity contribution < 1.29 is 19.1 Å². The summed E-state index contributed by atoms with van der Waals surface area (Å²) >= 11 is 6.38. The summed E-state index contributed by atoms with van der Waals surface area (Å²) in [4.78, 5) is 15.5. The minimum atomic E-state index is -1.02. The minimum absolute atomic E-state index is 0.140. The highest BCUT2D eigenvalue weighted by Gasteiger charge is 2.14. The van der Waals surface area contributed by atoms with Crippen LogP contribution in [-0.2, 0) is 6.61 Å². The number of hydrogen-bond donors (Lipinski definition) is 1. The first-order chi connectivity index (χ1) is 13.1. The molecule has 0 radical (unpaired) electrons. The van der Waals surface area contributed by atoms with E-state index < -0.39 is 5.97 Å². The van der Waals surface area contributed by atoms with E-state index in [0.29, 0.717) is 39.9 Å². The van der Waals surface area contributed by atoms with Gasteiger partial charge in [-0.15, -0.1) is 0 Å². The molecule has 0 amide bonds. The molecule has 0 bridgehead atoms. The summed E-state index contributed by atoms with van der Waals surface area (Å²) in [5, 5.41) is 9.51. The fourth-order valence-electron chi connectivity index (χ4n) is 2.67. The van der Waals surface area contributed by atoms with E-state index >= 15 is 0 Å². The van der Waals surface area contributed by atoms with E-state index in [9.17, 15) is 4.79 Å². The quantitative estimate of drug-likeness (QED) is 0.500. The van der Waals surface area contributed by atoms with Crippen molar-refractivity contribution in [2.45, 2.75) is 6.61 Å². The molecule has 0 spiro atoms. The highest BCUT2D eigenvalue weighted by Crippen LogP contribution is 2.33. The average Bonchev–Trinajstić information content (AvgIpc) is 3.10. The number of carbonyl (C=O) groups is 1. The summed E-state index contributed by atoms with van der Waals surface area (Å²) in [7, 11) is 0. The number of nitrogens with zero attached hydrogens (tertiary/aromatic N) is 1. The smallest absolute Gasteiger partial charge is 0.335 e. The van der Waals surface area contributed by atoms with Crippen LogP contribution in [0.25, 0.3) is 22.6 Å². The van der Waals surface area contributed by atoms with Crippen LogP contribution in [0.3, 0.4) is 0 Å². The van der Waals surface area contributed by atoms with Gasteiger partial charge < -0.3 is 14.3 Å². The summed E-state index contributed by atoms with van der Waals surface area (Å²) < 4.78 is 11.5. The number of ether oxygens (including phenoxy) is 1. The molecule has 0 aliphatic carbocycles. The zero-order valence-electron chi connectivity index (χ0n) is 14.1. The Kier molecular flexibility index (Phi) is 4.52. The zero-order chi connectivity index (χ0) is 18.8. The molecule has 0 atom stereocenters. The van der Waals surface area contributed by atoms with Gasteiger partial charge in [0.25, 0.3) is 0 Å². The molecule has 1 aromatic heterocycles. The lowest BCUT2D eigenvalue weighted by atomic mass is 10.2. The fourth-order valence-corrected chi connectivity index (χ4v) is 2.92. The number of aromatic nitrogens is 1. The van der Waals surface area contributed by atoms with Gasteiger partial charge in [-0.2, -0.15) is 0 Å². The zero-order valence-corrected chi connectivity index (χ0v) is 14.8. The Balaban J connectivity index is 1.58. The fraction of sp³-hybridized carbons (Fsp3) is 0.0476. The number of halogens is 1. The average molecular weight is 380 g/mol. The summed E-state index contributed by atoms with van der Waals surface area (Å²) in [6.45, 7) is 0.442. The van der Waals surface area contributed by atoms with Crippen molar-refractivity contribution in [2.75, 3.05) is 0 Å². The highest BCUT2D eigenvalue weighted by molar-refractivity contribution is 6.33. The monoisotopic (exact) mass is 379 g/mol. The Labute approximate surface area is 159 Å². The third-order valence-corrected chi connectivity index (χ3v) is 4.37. The maximum absolute atomic E-state index is 11.1. The van der Waals surface area contributed by atoms with Gasteiger partial charge in [-0.3, -0.25) is 0 Å². The Morgan fingerprint density at radius 1 is 1.07 bits per heavy atom. The Morgan fingerprint density at radius 3 is 2.63 bits per heavy atom. The standard InChI is InChI=1S/C21H14ClNO4/c22-17-11-15(26-12-13-4-2-1-3-5-13)7-8-16(17)20-23-18-9-6-14(21(24)25)10-19(18)27-20/h1-11H,12H2,(H,24,25). The number of fused-ring (bicyclic) bond motifs is 1. The molecule has 134 valence electrons. The molecule has 1 N–H and O–H groups in total. The number of hydrogen-bond acceptors (Lipinski definition) is 4. The summed E-state index contributed by atoms with van der Waals surface area (Å²) in [5.74, 6) is -0.0585. The van der Waals surface area contributed by atoms with Crippen molar-refractivity contribution in [1.29, 1.82) is 0 Å². The molecule has 4 rings (SSSR count). The van der Waals surface area contributed by atoms with Crippen LogP contribution in [0.1, 0.15) is 15.9 Å². The van der Waals surface area contributed by atoms with Crippen LogP contribution in [-0.4, -0.2) is 16.1 Å². The normalized spacial score (nSPS) is 10.9. The molecule has 0 saturated heterocycles. The second-order valence-corrected chi connectivity index (χ2v) is 6.33. The third-order valence-electron chi connectivity index (χ3n) is 4.05. The molecule has 6 heteroatoms. The predicted molar refractivity (Wildman–Crippen MR) is 102 cm³/mol. The van der Waals surface area contributed by atoms with Gasteiger partial charge in [0, 0.05) is 0 Å². The van der Waals surface area contributed by atoms with Gasteiger partial charge in [-0.05, 0) is 42.0 Å². The van der Waals surface area contributed by atoms with Crippen LogP contribution in [0.5, 0.6) is 5.75 Å². The molecule has 1 heterocycles. The number of aromatic carboxylic acids is 1. The minimum Gasteiger partial charge on any atom is -0.489 e. The second-order valence-electron chi connectivity index (χ2n) is 5.92. The van der Waals surface area contributed by atoms with Crippen molar-refractivity contribution in [3.63, 3.8) is 0 Å². The Hall–Kier alpha value is -3.31. The van der Waals surface area contributed by atoms with Gasteiger partial charge in [0.15, 0.2) is 5.58 Å². The third kappa shape index (κ3) is 3.64. The van der Waals surface area contributed by atoms with Crippen LogP contribution in [0.15, 0.2) is 71.1 Å². The molecular weight excluding hydrogens is 366 g/mol. The number of carboxylic acid groups (broad SMARTS) is 1. The lowest BCUT2D eigenvalue weighted by molar-refractivity contribution is 0.0697. The summed E-state index contributed by atoms with van der Waals surface area (Å²) in [5.41, 5.74) is 2.77. The number of oxazole rings is 1. The van der Waals surface area contributed by atoms with Crippen LogP contribution >= 0.6 is 11.6 Å². The van der Waals surface area contributed by atoms with Crippen molar-refractivity contribution in [1.82, 2.24) is 4.98 Å². The van der Waals surface area contributed by atoms with Crippen molar-refractivity contribution in [3.8, 4) is 17.2 Å². The predicted octanol–water partition coefficient (Wildman–Crippen LogP) is 5.43. The van der Waals surface area contributed by atoms with Gasteiger partial charge >= 0.3 is 5.97 Å². The molecule has 3 aromatic carbocycles.